The number of phenolic OH excluding ortho intramolecular Hbond substituents is 1. The summed E-state index contributed by atoms with van der Waals surface area (Å²) in [5.74, 6) is 0.225. The van der Waals surface area contributed by atoms with E-state index in [-0.39, 0.29) is 35.9 Å². The molecule has 4 amide bonds. The van der Waals surface area contributed by atoms with Gasteiger partial charge in [0, 0.05) is 96.6 Å². The molecule has 13 heteroatoms. The minimum absolute atomic E-state index is 0.000610. The zero-order valence-corrected chi connectivity index (χ0v) is 31.6. The largest absolute Gasteiger partial charge is 0.507 e. The number of rotatable bonds is 11. The van der Waals surface area contributed by atoms with Crippen LogP contribution in [0, 0.1) is 13.8 Å². The average Bonchev–Trinajstić information content (AvgIpc) is 3.34. The Morgan fingerprint density at radius 1 is 0.868 bits per heavy atom. The fraction of sp³-hybridized carbons (Fsp3) is 0.600. The molecular formula is C40H56N6O7. The maximum atomic E-state index is 14.1. The SMILES string of the molecule is COCCC(=O)CN1CCC(N2CCN(C(=O)[C@@H](Cc3cc(C)c(O)c(C)c3)OC(=O)N3CCC(N4CCc5ccccc5NC4=O)CC3)CC2)CC1. The summed E-state index contributed by atoms with van der Waals surface area (Å²) < 4.78 is 11.1. The number of ketones is 1. The van der Waals surface area contributed by atoms with E-state index in [0.717, 1.165) is 62.3 Å². The number of ether oxygens (including phenoxy) is 2. The Balaban J connectivity index is 1.04. The number of carbonyl (C=O) groups is 4. The highest BCUT2D eigenvalue weighted by molar-refractivity contribution is 5.91. The lowest BCUT2D eigenvalue weighted by atomic mass is 10.00. The number of fused-ring (bicyclic) bond motifs is 1. The summed E-state index contributed by atoms with van der Waals surface area (Å²) in [5, 5.41) is 13.4. The van der Waals surface area contributed by atoms with Crippen LogP contribution < -0.4 is 5.32 Å². The van der Waals surface area contributed by atoms with Crippen molar-refractivity contribution in [3.05, 3.63) is 58.7 Å². The predicted molar refractivity (Wildman–Crippen MR) is 201 cm³/mol. The van der Waals surface area contributed by atoms with Crippen LogP contribution in [0.5, 0.6) is 5.75 Å². The van der Waals surface area contributed by atoms with E-state index in [9.17, 15) is 24.3 Å². The van der Waals surface area contributed by atoms with Crippen molar-refractivity contribution in [1.82, 2.24) is 24.5 Å². The van der Waals surface area contributed by atoms with Crippen molar-refractivity contribution in [1.29, 1.82) is 0 Å². The number of urea groups is 1. The Hall–Kier alpha value is -4.20. The zero-order chi connectivity index (χ0) is 37.5. The van der Waals surface area contributed by atoms with Gasteiger partial charge in [0.1, 0.15) is 11.5 Å². The third kappa shape index (κ3) is 9.68. The number of nitrogens with one attached hydrogen (secondary N) is 1. The van der Waals surface area contributed by atoms with E-state index in [0.29, 0.717) is 82.3 Å². The van der Waals surface area contributed by atoms with E-state index in [4.69, 9.17) is 9.47 Å². The minimum Gasteiger partial charge on any atom is -0.507 e. The van der Waals surface area contributed by atoms with Crippen LogP contribution >= 0.6 is 0 Å². The highest BCUT2D eigenvalue weighted by Crippen LogP contribution is 2.27. The number of anilines is 1. The molecule has 0 aliphatic carbocycles. The lowest BCUT2D eigenvalue weighted by molar-refractivity contribution is -0.143. The number of hydrogen-bond donors (Lipinski definition) is 2. The molecule has 4 aliphatic heterocycles. The molecule has 4 heterocycles. The first-order valence-corrected chi connectivity index (χ1v) is 19.3. The van der Waals surface area contributed by atoms with Crippen molar-refractivity contribution in [2.45, 2.75) is 77.0 Å². The number of likely N-dealkylation sites (tertiary alicyclic amines) is 2. The molecule has 0 radical (unpaired) electrons. The number of piperidine rings is 2. The van der Waals surface area contributed by atoms with Crippen molar-refractivity contribution in [3.63, 3.8) is 0 Å². The van der Waals surface area contributed by atoms with Crippen LogP contribution in [0.3, 0.4) is 0 Å². The van der Waals surface area contributed by atoms with Gasteiger partial charge < -0.3 is 34.6 Å². The summed E-state index contributed by atoms with van der Waals surface area (Å²) in [6.07, 6.45) is 3.11. The number of aryl methyl sites for hydroxylation is 2. The Labute approximate surface area is 313 Å². The fourth-order valence-corrected chi connectivity index (χ4v) is 8.35. The second-order valence-electron chi connectivity index (χ2n) is 15.1. The van der Waals surface area contributed by atoms with Crippen LogP contribution in [-0.4, -0.2) is 151 Å². The number of benzene rings is 2. The average molecular weight is 733 g/mol. The Morgan fingerprint density at radius 2 is 1.53 bits per heavy atom. The number of para-hydroxylation sites is 1. The summed E-state index contributed by atoms with van der Waals surface area (Å²) in [6.45, 7) is 10.4. The molecule has 1 atom stereocenters. The quantitative estimate of drug-likeness (QED) is 0.354. The smallest absolute Gasteiger partial charge is 0.410 e. The van der Waals surface area contributed by atoms with E-state index in [1.54, 1.807) is 12.0 Å². The van der Waals surface area contributed by atoms with Gasteiger partial charge in [0.25, 0.3) is 5.91 Å². The highest BCUT2D eigenvalue weighted by atomic mass is 16.6. The number of nitrogens with zero attached hydrogens (tertiary/aromatic N) is 5. The van der Waals surface area contributed by atoms with Crippen LogP contribution in [0.4, 0.5) is 15.3 Å². The van der Waals surface area contributed by atoms with Gasteiger partial charge in [-0.3, -0.25) is 19.4 Å². The monoisotopic (exact) mass is 732 g/mol. The third-order valence-corrected chi connectivity index (χ3v) is 11.5. The molecule has 288 valence electrons. The van der Waals surface area contributed by atoms with Gasteiger partial charge in [0.15, 0.2) is 6.10 Å². The second kappa shape index (κ2) is 17.7. The van der Waals surface area contributed by atoms with Crippen molar-refractivity contribution >= 4 is 29.5 Å². The van der Waals surface area contributed by atoms with E-state index >= 15 is 0 Å². The van der Waals surface area contributed by atoms with Crippen molar-refractivity contribution in [2.75, 3.05) is 84.5 Å². The number of Topliss-reactive ketones (excluding diaryl/α,β-unsaturated/α-hetero) is 1. The van der Waals surface area contributed by atoms with Gasteiger partial charge in [0.05, 0.1) is 13.2 Å². The van der Waals surface area contributed by atoms with Crippen molar-refractivity contribution in [2.24, 2.45) is 0 Å². The van der Waals surface area contributed by atoms with Gasteiger partial charge in [-0.25, -0.2) is 9.59 Å². The van der Waals surface area contributed by atoms with Gasteiger partial charge >= 0.3 is 12.1 Å². The summed E-state index contributed by atoms with van der Waals surface area (Å²) in [4.78, 5) is 63.2. The van der Waals surface area contributed by atoms with Crippen LogP contribution in [0.15, 0.2) is 36.4 Å². The van der Waals surface area contributed by atoms with Crippen molar-refractivity contribution in [3.8, 4) is 5.75 Å². The molecule has 53 heavy (non-hydrogen) atoms. The standard InChI is InChI=1S/C40H56N6O7/c1-28-24-30(25-29(2)37(28)48)26-36(38(49)44-21-19-43(20-22-44)32-9-14-42(15-10-32)27-34(47)13-23-52-3)53-40(51)45-16-11-33(12-17-45)46-18-8-31-6-4-5-7-35(31)41-39(46)50/h4-7,24-25,32-33,36,48H,8-23,26-27H2,1-3H3,(H,41,50)/t36-/m1/s1. The maximum absolute atomic E-state index is 14.1. The van der Waals surface area contributed by atoms with Gasteiger partial charge in [0.2, 0.25) is 0 Å². The van der Waals surface area contributed by atoms with Crippen molar-refractivity contribution < 1.29 is 33.8 Å². The summed E-state index contributed by atoms with van der Waals surface area (Å²) in [7, 11) is 1.61. The van der Waals surface area contributed by atoms with E-state index in [1.165, 1.54) is 0 Å². The number of amides is 4. The normalized spacial score (nSPS) is 20.1. The number of methoxy groups -OCH3 is 1. The lowest BCUT2D eigenvalue weighted by Crippen LogP contribution is -2.56. The van der Waals surface area contributed by atoms with E-state index < -0.39 is 12.2 Å². The third-order valence-electron chi connectivity index (χ3n) is 11.5. The summed E-state index contributed by atoms with van der Waals surface area (Å²) >= 11 is 0. The lowest BCUT2D eigenvalue weighted by Gasteiger charge is -2.43. The maximum Gasteiger partial charge on any atom is 0.410 e. The molecule has 0 spiro atoms. The molecule has 2 aromatic rings. The van der Waals surface area contributed by atoms with E-state index in [2.05, 4.69) is 15.1 Å². The summed E-state index contributed by atoms with van der Waals surface area (Å²) in [5.41, 5.74) is 4.20. The molecule has 13 nitrogen and oxygen atoms in total. The molecule has 4 aliphatic rings. The Morgan fingerprint density at radius 3 is 2.21 bits per heavy atom. The topological polar surface area (TPSA) is 135 Å². The van der Waals surface area contributed by atoms with Gasteiger partial charge in [-0.05, 0) is 74.3 Å². The number of phenols is 1. The number of carbonyl (C=O) groups excluding carboxylic acids is 4. The molecule has 3 fully saturated rings. The van der Waals surface area contributed by atoms with Crippen LogP contribution in [0.25, 0.3) is 0 Å². The molecule has 0 bridgehead atoms. The molecular weight excluding hydrogens is 676 g/mol. The number of hydrogen-bond acceptors (Lipinski definition) is 9. The Bertz CT molecular complexity index is 1590. The molecule has 0 unspecified atom stereocenters. The number of aromatic hydroxyl groups is 1. The summed E-state index contributed by atoms with van der Waals surface area (Å²) in [6, 6.07) is 11.9. The van der Waals surface area contributed by atoms with Crippen LogP contribution in [0.2, 0.25) is 0 Å². The second-order valence-corrected chi connectivity index (χ2v) is 15.1. The van der Waals surface area contributed by atoms with Gasteiger partial charge in [-0.1, -0.05) is 30.3 Å². The molecule has 2 N–H and O–H groups in total. The molecule has 0 aromatic heterocycles. The first kappa shape index (κ1) is 38.5. The molecule has 6 rings (SSSR count). The van der Waals surface area contributed by atoms with Crippen LogP contribution in [0.1, 0.15) is 54.4 Å². The molecule has 0 saturated carbocycles. The fourth-order valence-electron chi connectivity index (χ4n) is 8.35. The predicted octanol–water partition coefficient (Wildman–Crippen LogP) is 3.83. The van der Waals surface area contributed by atoms with Gasteiger partial charge in [-0.2, -0.15) is 0 Å². The first-order chi connectivity index (χ1) is 25.6. The molecule has 3 saturated heterocycles. The first-order valence-electron chi connectivity index (χ1n) is 19.3. The minimum atomic E-state index is -1.01. The number of piperazine rings is 1. The van der Waals surface area contributed by atoms with E-state index in [1.807, 2.05) is 60.0 Å². The highest BCUT2D eigenvalue weighted by Gasteiger charge is 2.36. The van der Waals surface area contributed by atoms with Crippen LogP contribution in [-0.2, 0) is 31.9 Å². The Kier molecular flexibility index (Phi) is 12.9. The van der Waals surface area contributed by atoms with Gasteiger partial charge in [-0.15, -0.1) is 0 Å². The zero-order valence-electron chi connectivity index (χ0n) is 31.6. The molecule has 2 aromatic carbocycles.